The fourth-order valence-electron chi connectivity index (χ4n) is 5.67. The molecule has 3 aliphatic rings. The van der Waals surface area contributed by atoms with Crippen LogP contribution in [0.4, 0.5) is 10.6 Å². The number of carbonyl (C=O) groups excluding carboxylic acids is 1. The minimum absolute atomic E-state index is 0.228. The van der Waals surface area contributed by atoms with E-state index in [0.29, 0.717) is 30.6 Å². The third-order valence-electron chi connectivity index (χ3n) is 7.76. The van der Waals surface area contributed by atoms with Gasteiger partial charge in [0.05, 0.1) is 5.69 Å². The molecule has 9 nitrogen and oxygen atoms in total. The third kappa shape index (κ3) is 4.87. The molecule has 1 aliphatic heterocycles. The van der Waals surface area contributed by atoms with Gasteiger partial charge in [0.15, 0.2) is 0 Å². The van der Waals surface area contributed by atoms with E-state index in [4.69, 9.17) is 5.73 Å². The molecule has 0 bridgehead atoms. The first-order chi connectivity index (χ1) is 16.4. The van der Waals surface area contributed by atoms with Crippen molar-refractivity contribution in [1.29, 1.82) is 0 Å². The van der Waals surface area contributed by atoms with Gasteiger partial charge in [0.25, 0.3) is 0 Å². The van der Waals surface area contributed by atoms with Crippen LogP contribution in [-0.2, 0) is 6.42 Å². The van der Waals surface area contributed by atoms with Crippen LogP contribution in [0.15, 0.2) is 41.3 Å². The largest absolute Gasteiger partial charge is 0.354 e. The fraction of sp³-hybridized carbons (Fsp3) is 0.560. The third-order valence-corrected chi connectivity index (χ3v) is 7.76. The van der Waals surface area contributed by atoms with E-state index in [1.165, 1.54) is 35.8 Å². The van der Waals surface area contributed by atoms with E-state index in [0.717, 1.165) is 31.7 Å². The normalized spacial score (nSPS) is 26.3. The number of hydrogen-bond acceptors (Lipinski definition) is 6. The van der Waals surface area contributed by atoms with Crippen LogP contribution < -0.4 is 22.1 Å². The molecular formula is C25H35N7O2. The maximum Gasteiger partial charge on any atom is 0.354 e. The maximum absolute atomic E-state index is 12.6. The van der Waals surface area contributed by atoms with Crippen LogP contribution in [0.25, 0.3) is 5.69 Å². The summed E-state index contributed by atoms with van der Waals surface area (Å²) in [4.78, 5) is 33.2. The number of anilines is 1. The van der Waals surface area contributed by atoms with Gasteiger partial charge in [0.2, 0.25) is 0 Å². The smallest absolute Gasteiger partial charge is 0.328 e. The zero-order valence-electron chi connectivity index (χ0n) is 19.9. The number of amides is 2. The molecule has 2 heterocycles. The molecule has 1 spiro atoms. The molecule has 2 amide bonds. The number of likely N-dealkylation sites (N-methyl/N-ethyl adjacent to an activating group) is 1. The number of nitrogens with one attached hydrogen (secondary N) is 2. The molecule has 1 aromatic heterocycles. The Labute approximate surface area is 200 Å². The monoisotopic (exact) mass is 465 g/mol. The molecule has 34 heavy (non-hydrogen) atoms. The van der Waals surface area contributed by atoms with Crippen LogP contribution in [-0.4, -0.2) is 77.2 Å². The summed E-state index contributed by atoms with van der Waals surface area (Å²) in [6, 6.07) is 10.6. The SMILES string of the molecule is CN(CCc1ccc(-n2ccc(NC(=O)N3CCNCC3)nc2=O)cc1)C1CC2(CC(N)C2)C1. The molecule has 0 atom stereocenters. The van der Waals surface area contributed by atoms with Gasteiger partial charge < -0.3 is 20.9 Å². The van der Waals surface area contributed by atoms with E-state index in [2.05, 4.69) is 39.7 Å². The summed E-state index contributed by atoms with van der Waals surface area (Å²) in [5, 5.41) is 5.93. The van der Waals surface area contributed by atoms with Crippen molar-refractivity contribution in [2.75, 3.05) is 45.1 Å². The summed E-state index contributed by atoms with van der Waals surface area (Å²) in [6.45, 7) is 3.84. The predicted octanol–water partition coefficient (Wildman–Crippen LogP) is 1.41. The molecule has 4 N–H and O–H groups in total. The van der Waals surface area contributed by atoms with Gasteiger partial charge in [-0.15, -0.1) is 0 Å². The Morgan fingerprint density at radius 2 is 1.88 bits per heavy atom. The number of urea groups is 1. The van der Waals surface area contributed by atoms with Gasteiger partial charge in [-0.05, 0) is 68.3 Å². The van der Waals surface area contributed by atoms with Crippen molar-refractivity contribution in [3.63, 3.8) is 0 Å². The molecule has 9 heteroatoms. The summed E-state index contributed by atoms with van der Waals surface area (Å²) < 4.78 is 1.49. The van der Waals surface area contributed by atoms with Crippen molar-refractivity contribution in [3.8, 4) is 5.69 Å². The minimum atomic E-state index is -0.416. The lowest BCUT2D eigenvalue weighted by Gasteiger charge is -2.59. The van der Waals surface area contributed by atoms with Crippen LogP contribution in [0.3, 0.4) is 0 Å². The molecule has 0 unspecified atom stereocenters. The van der Waals surface area contributed by atoms with E-state index >= 15 is 0 Å². The zero-order chi connectivity index (χ0) is 23.7. The van der Waals surface area contributed by atoms with Gasteiger partial charge in [-0.3, -0.25) is 9.88 Å². The van der Waals surface area contributed by atoms with Crippen molar-refractivity contribution in [2.45, 2.75) is 44.2 Å². The molecule has 182 valence electrons. The molecule has 1 aromatic carbocycles. The Balaban J connectivity index is 1.13. The Morgan fingerprint density at radius 1 is 1.18 bits per heavy atom. The number of benzene rings is 1. The molecule has 1 saturated heterocycles. The number of carbonyl (C=O) groups is 1. The van der Waals surface area contributed by atoms with Crippen LogP contribution in [0.1, 0.15) is 31.2 Å². The van der Waals surface area contributed by atoms with Crippen molar-refractivity contribution in [2.24, 2.45) is 11.1 Å². The van der Waals surface area contributed by atoms with Crippen molar-refractivity contribution < 1.29 is 4.79 Å². The van der Waals surface area contributed by atoms with Gasteiger partial charge in [0, 0.05) is 51.0 Å². The van der Waals surface area contributed by atoms with Gasteiger partial charge in [-0.1, -0.05) is 12.1 Å². The van der Waals surface area contributed by atoms with Crippen molar-refractivity contribution in [3.05, 3.63) is 52.6 Å². The molecule has 2 aliphatic carbocycles. The van der Waals surface area contributed by atoms with E-state index in [9.17, 15) is 9.59 Å². The number of aromatic nitrogens is 2. The number of nitrogens with two attached hydrogens (primary N) is 1. The van der Waals surface area contributed by atoms with E-state index in [1.54, 1.807) is 17.2 Å². The standard InChI is InChI=1S/C25H35N7O2/c1-30(21-16-25(17-21)14-19(26)15-25)10-6-18-2-4-20(5-3-18)32-11-7-22(29-24(32)34)28-23(33)31-12-8-27-9-13-31/h2-5,7,11,19,21,27H,6,8-10,12-17,26H2,1H3,(H,28,29,33,34). The Bertz CT molecular complexity index is 1060. The average molecular weight is 466 g/mol. The van der Waals surface area contributed by atoms with Gasteiger partial charge in [0.1, 0.15) is 5.82 Å². The van der Waals surface area contributed by atoms with Gasteiger partial charge in [-0.2, -0.15) is 4.98 Å². The van der Waals surface area contributed by atoms with Crippen LogP contribution in [0.5, 0.6) is 0 Å². The number of piperazine rings is 1. The first-order valence-electron chi connectivity index (χ1n) is 12.3. The summed E-state index contributed by atoms with van der Waals surface area (Å²) in [5.74, 6) is 0.270. The molecule has 2 saturated carbocycles. The fourth-order valence-corrected chi connectivity index (χ4v) is 5.67. The van der Waals surface area contributed by atoms with Crippen molar-refractivity contribution in [1.82, 2.24) is 24.7 Å². The zero-order valence-corrected chi connectivity index (χ0v) is 19.9. The lowest BCUT2D eigenvalue weighted by molar-refractivity contribution is -0.0577. The summed E-state index contributed by atoms with van der Waals surface area (Å²) in [6.07, 6.45) is 7.62. The Hall–Kier alpha value is -2.75. The lowest BCUT2D eigenvalue weighted by Crippen LogP contribution is -2.59. The van der Waals surface area contributed by atoms with Crippen LogP contribution >= 0.6 is 0 Å². The molecular weight excluding hydrogens is 430 g/mol. The van der Waals surface area contributed by atoms with E-state index in [1.807, 2.05) is 12.1 Å². The summed E-state index contributed by atoms with van der Waals surface area (Å²) in [7, 11) is 2.22. The van der Waals surface area contributed by atoms with Crippen LogP contribution in [0.2, 0.25) is 0 Å². The van der Waals surface area contributed by atoms with E-state index in [-0.39, 0.29) is 11.8 Å². The number of nitrogens with zero attached hydrogens (tertiary/aromatic N) is 4. The second-order valence-corrected chi connectivity index (χ2v) is 10.3. The van der Waals surface area contributed by atoms with Crippen molar-refractivity contribution >= 4 is 11.8 Å². The Kier molecular flexibility index (Phi) is 6.42. The lowest BCUT2D eigenvalue weighted by atomic mass is 9.52. The topological polar surface area (TPSA) is 109 Å². The summed E-state index contributed by atoms with van der Waals surface area (Å²) in [5.41, 5.74) is 8.13. The molecule has 5 rings (SSSR count). The van der Waals surface area contributed by atoms with Gasteiger partial charge in [-0.25, -0.2) is 9.59 Å². The highest BCUT2D eigenvalue weighted by atomic mass is 16.2. The number of hydrogen-bond donors (Lipinski definition) is 3. The molecule has 2 aromatic rings. The Morgan fingerprint density at radius 3 is 2.53 bits per heavy atom. The molecule has 3 fully saturated rings. The summed E-state index contributed by atoms with van der Waals surface area (Å²) >= 11 is 0. The number of rotatable bonds is 6. The highest BCUT2D eigenvalue weighted by Gasteiger charge is 2.52. The predicted molar refractivity (Wildman–Crippen MR) is 132 cm³/mol. The highest BCUT2D eigenvalue weighted by molar-refractivity contribution is 5.88. The second-order valence-electron chi connectivity index (χ2n) is 10.3. The maximum atomic E-state index is 12.6. The first kappa shape index (κ1) is 23.0. The first-order valence-corrected chi connectivity index (χ1v) is 12.3. The second kappa shape index (κ2) is 9.48. The average Bonchev–Trinajstić information content (AvgIpc) is 2.80. The molecule has 0 radical (unpaired) electrons. The van der Waals surface area contributed by atoms with Crippen LogP contribution in [0, 0.1) is 5.41 Å². The highest BCUT2D eigenvalue weighted by Crippen LogP contribution is 2.56. The quantitative estimate of drug-likeness (QED) is 0.595. The van der Waals surface area contributed by atoms with Gasteiger partial charge >= 0.3 is 11.7 Å². The van der Waals surface area contributed by atoms with E-state index < -0.39 is 5.69 Å². The minimum Gasteiger partial charge on any atom is -0.328 e.